The average Bonchev–Trinajstić information content (AvgIpc) is 3.57. The molecule has 0 unspecified atom stereocenters. The van der Waals surface area contributed by atoms with Gasteiger partial charge in [0.2, 0.25) is 0 Å². The fourth-order valence-corrected chi connectivity index (χ4v) is 7.67. The summed E-state index contributed by atoms with van der Waals surface area (Å²) in [5.41, 5.74) is 11.0. The third-order valence-corrected chi connectivity index (χ3v) is 9.93. The zero-order valence-electron chi connectivity index (χ0n) is 26.6. The number of hydrogen-bond donors (Lipinski definition) is 0. The van der Waals surface area contributed by atoms with Crippen molar-refractivity contribution in [1.82, 2.24) is 4.98 Å². The highest BCUT2D eigenvalue weighted by atomic mass is 16.3. The number of aromatic nitrogens is 1. The van der Waals surface area contributed by atoms with E-state index in [1.54, 1.807) is 0 Å². The van der Waals surface area contributed by atoms with E-state index in [2.05, 4.69) is 170 Å². The maximum Gasteiger partial charge on any atom is 0.143 e. The minimum Gasteiger partial charge on any atom is -0.455 e. The van der Waals surface area contributed by atoms with Crippen LogP contribution < -0.4 is 0 Å². The Balaban J connectivity index is 1.13. The number of fused-ring (bicyclic) bond motifs is 7. The Morgan fingerprint density at radius 3 is 1.65 bits per heavy atom. The summed E-state index contributed by atoms with van der Waals surface area (Å²) in [6.07, 6.45) is 2.02. The highest BCUT2D eigenvalue weighted by Crippen LogP contribution is 2.44. The smallest absolute Gasteiger partial charge is 0.143 e. The van der Waals surface area contributed by atoms with E-state index >= 15 is 0 Å². The topological polar surface area (TPSA) is 26.0 Å². The molecule has 2 heterocycles. The second kappa shape index (κ2) is 11.0. The molecule has 49 heavy (non-hydrogen) atoms. The van der Waals surface area contributed by atoms with Crippen LogP contribution in [0.2, 0.25) is 0 Å². The summed E-state index contributed by atoms with van der Waals surface area (Å²) >= 11 is 0. The molecule has 0 amide bonds. The summed E-state index contributed by atoms with van der Waals surface area (Å²) in [6, 6.07) is 60.5. The number of furan rings is 1. The molecular weight excluding hydrogens is 595 g/mol. The van der Waals surface area contributed by atoms with Crippen LogP contribution in [-0.4, -0.2) is 4.98 Å². The zero-order chi connectivity index (χ0) is 32.3. The molecule has 2 aromatic heterocycles. The van der Waals surface area contributed by atoms with Crippen molar-refractivity contribution >= 4 is 54.3 Å². The summed E-state index contributed by atoms with van der Waals surface area (Å²) in [7, 11) is 0. The second-order valence-corrected chi connectivity index (χ2v) is 12.7. The Hall–Kier alpha value is -6.51. The average molecular weight is 624 g/mol. The van der Waals surface area contributed by atoms with Crippen molar-refractivity contribution in [2.75, 3.05) is 0 Å². The maximum absolute atomic E-state index is 6.47. The molecule has 10 rings (SSSR count). The summed E-state index contributed by atoms with van der Waals surface area (Å²) in [5, 5.41) is 9.37. The van der Waals surface area contributed by atoms with E-state index in [9.17, 15) is 0 Å². The lowest BCUT2D eigenvalue weighted by Crippen LogP contribution is -1.93. The Morgan fingerprint density at radius 1 is 0.367 bits per heavy atom. The molecular formula is C47H29NO. The predicted molar refractivity (Wildman–Crippen MR) is 206 cm³/mol. The molecule has 0 saturated heterocycles. The third-order valence-electron chi connectivity index (χ3n) is 9.93. The number of rotatable bonds is 4. The van der Waals surface area contributed by atoms with Gasteiger partial charge in [-0.1, -0.05) is 152 Å². The van der Waals surface area contributed by atoms with Crippen LogP contribution in [0.4, 0.5) is 0 Å². The first-order valence-corrected chi connectivity index (χ1v) is 16.7. The molecule has 0 saturated carbocycles. The Bertz CT molecular complexity index is 2790. The van der Waals surface area contributed by atoms with Crippen LogP contribution in [0.1, 0.15) is 0 Å². The molecule has 228 valence electrons. The third kappa shape index (κ3) is 4.38. The number of benzene rings is 8. The summed E-state index contributed by atoms with van der Waals surface area (Å²) in [6.45, 7) is 0. The molecule has 10 aromatic rings. The molecule has 0 fully saturated rings. The van der Waals surface area contributed by atoms with Crippen LogP contribution in [-0.2, 0) is 0 Å². The molecule has 0 spiro atoms. The van der Waals surface area contributed by atoms with E-state index in [1.807, 2.05) is 6.20 Å². The van der Waals surface area contributed by atoms with Gasteiger partial charge in [0.05, 0.1) is 5.69 Å². The molecule has 0 aliphatic heterocycles. The maximum atomic E-state index is 6.47. The summed E-state index contributed by atoms with van der Waals surface area (Å²) in [5.74, 6) is 0. The molecule has 2 nitrogen and oxygen atoms in total. The van der Waals surface area contributed by atoms with Gasteiger partial charge in [0.25, 0.3) is 0 Å². The van der Waals surface area contributed by atoms with Gasteiger partial charge >= 0.3 is 0 Å². The Kier molecular flexibility index (Phi) is 6.22. The van der Waals surface area contributed by atoms with E-state index < -0.39 is 0 Å². The fourth-order valence-electron chi connectivity index (χ4n) is 7.67. The van der Waals surface area contributed by atoms with Crippen LogP contribution in [0.5, 0.6) is 0 Å². The predicted octanol–water partition coefficient (Wildman–Crippen LogP) is 13.1. The van der Waals surface area contributed by atoms with E-state index in [0.717, 1.165) is 49.7 Å². The minimum absolute atomic E-state index is 0.886. The van der Waals surface area contributed by atoms with Gasteiger partial charge in [-0.15, -0.1) is 0 Å². The van der Waals surface area contributed by atoms with Gasteiger partial charge in [-0.3, -0.25) is 4.98 Å². The monoisotopic (exact) mass is 623 g/mol. The van der Waals surface area contributed by atoms with Crippen molar-refractivity contribution in [3.63, 3.8) is 0 Å². The van der Waals surface area contributed by atoms with Gasteiger partial charge in [-0.25, -0.2) is 0 Å². The number of pyridine rings is 1. The Morgan fingerprint density at radius 2 is 0.959 bits per heavy atom. The largest absolute Gasteiger partial charge is 0.455 e. The van der Waals surface area contributed by atoms with E-state index in [0.29, 0.717) is 0 Å². The quantitative estimate of drug-likeness (QED) is 0.182. The van der Waals surface area contributed by atoms with Crippen molar-refractivity contribution in [1.29, 1.82) is 0 Å². The van der Waals surface area contributed by atoms with Gasteiger partial charge in [0, 0.05) is 33.5 Å². The van der Waals surface area contributed by atoms with Crippen molar-refractivity contribution in [3.05, 3.63) is 176 Å². The van der Waals surface area contributed by atoms with Crippen LogP contribution >= 0.6 is 0 Å². The lowest BCUT2D eigenvalue weighted by molar-refractivity contribution is 0.673. The van der Waals surface area contributed by atoms with Crippen molar-refractivity contribution < 1.29 is 4.42 Å². The van der Waals surface area contributed by atoms with Gasteiger partial charge in [-0.05, 0) is 72.9 Å². The summed E-state index contributed by atoms with van der Waals surface area (Å²) in [4.78, 5) is 5.16. The molecule has 0 N–H and O–H groups in total. The lowest BCUT2D eigenvalue weighted by atomic mass is 9.86. The van der Waals surface area contributed by atoms with Gasteiger partial charge in [-0.2, -0.15) is 0 Å². The summed E-state index contributed by atoms with van der Waals surface area (Å²) < 4.78 is 6.47. The zero-order valence-corrected chi connectivity index (χ0v) is 26.6. The first-order chi connectivity index (χ1) is 24.3. The molecule has 2 heteroatoms. The van der Waals surface area contributed by atoms with E-state index in [1.165, 1.54) is 49.2 Å². The molecule has 8 aromatic carbocycles. The van der Waals surface area contributed by atoms with Crippen molar-refractivity contribution in [3.8, 4) is 44.6 Å². The van der Waals surface area contributed by atoms with Gasteiger partial charge in [0.1, 0.15) is 11.2 Å². The molecule has 0 aliphatic carbocycles. The lowest BCUT2D eigenvalue weighted by Gasteiger charge is -2.17. The first-order valence-electron chi connectivity index (χ1n) is 16.7. The van der Waals surface area contributed by atoms with Gasteiger partial charge in [0.15, 0.2) is 0 Å². The van der Waals surface area contributed by atoms with Crippen molar-refractivity contribution in [2.45, 2.75) is 0 Å². The number of hydrogen-bond acceptors (Lipinski definition) is 2. The molecule has 0 aliphatic rings. The number of nitrogens with zero attached hydrogens (tertiary/aromatic N) is 1. The van der Waals surface area contributed by atoms with Crippen LogP contribution in [0.3, 0.4) is 0 Å². The van der Waals surface area contributed by atoms with Crippen LogP contribution in [0.15, 0.2) is 180 Å². The highest BCUT2D eigenvalue weighted by molar-refractivity contribution is 6.22. The molecule has 0 radical (unpaired) electrons. The second-order valence-electron chi connectivity index (χ2n) is 12.7. The van der Waals surface area contributed by atoms with Gasteiger partial charge < -0.3 is 4.42 Å². The van der Waals surface area contributed by atoms with E-state index in [-0.39, 0.29) is 0 Å². The SMILES string of the molecule is c1ccc(-c2ccc(-c3c4ccccc4c(-c4ccc(-c5cccc6oc7c8ccccc8ccc7c56)cn4)c4ccccc34)cc2)cc1. The van der Waals surface area contributed by atoms with Crippen LogP contribution in [0.25, 0.3) is 98.9 Å². The minimum atomic E-state index is 0.886. The van der Waals surface area contributed by atoms with E-state index in [4.69, 9.17) is 9.40 Å². The standard InChI is InChI=1S/C47H29NO/c1-2-11-30(12-3-1)31-21-23-33(24-22-31)44-37-15-6-8-17-39(37)45(40-18-9-7-16-38(40)44)42-28-26-34(29-48-42)35-19-10-20-43-46(35)41-27-25-32-13-4-5-14-36(32)47(41)49-43/h1-29H. The van der Waals surface area contributed by atoms with Crippen molar-refractivity contribution in [2.24, 2.45) is 0 Å². The molecule has 0 atom stereocenters. The first kappa shape index (κ1) is 27.6. The highest BCUT2D eigenvalue weighted by Gasteiger charge is 2.19. The molecule has 0 bridgehead atoms. The normalized spacial score (nSPS) is 11.7. The van der Waals surface area contributed by atoms with Crippen LogP contribution in [0, 0.1) is 0 Å². The fraction of sp³-hybridized carbons (Fsp3) is 0. The Labute approximate surface area is 283 Å².